The van der Waals surface area contributed by atoms with Crippen molar-refractivity contribution in [2.75, 3.05) is 33.4 Å². The Kier molecular flexibility index (Phi) is 7.59. The van der Waals surface area contributed by atoms with Crippen LogP contribution in [0.3, 0.4) is 0 Å². The first kappa shape index (κ1) is 22.0. The molecule has 1 atom stereocenters. The largest absolute Gasteiger partial charge is 0.383 e. The molecule has 1 aliphatic heterocycles. The molecule has 3 amide bonds. The predicted molar refractivity (Wildman–Crippen MR) is 119 cm³/mol. The van der Waals surface area contributed by atoms with Gasteiger partial charge in [0.1, 0.15) is 6.54 Å². The first-order chi connectivity index (χ1) is 14.5. The minimum absolute atomic E-state index is 0.0568. The number of hydrazone groups is 1. The van der Waals surface area contributed by atoms with E-state index in [9.17, 15) is 9.59 Å². The molecule has 0 saturated carbocycles. The van der Waals surface area contributed by atoms with Crippen LogP contribution >= 0.6 is 11.3 Å². The lowest BCUT2D eigenvalue weighted by Crippen LogP contribution is -2.47. The van der Waals surface area contributed by atoms with E-state index in [0.717, 1.165) is 21.7 Å². The maximum Gasteiger partial charge on any atom is 0.317 e. The number of hydrogen-bond acceptors (Lipinski definition) is 5. The fraction of sp³-hybridized carbons (Fsp3) is 0.409. The van der Waals surface area contributed by atoms with Crippen LogP contribution in [0.5, 0.6) is 0 Å². The standard InChI is InChI=1S/C22H28N4O3S/c1-4-23-22(28)25(11-12-29-3)15-21(27)26-19(17-9-7-16(2)8-10-17)14-18(24-26)20-6-5-13-30-20/h5-10,13,19H,4,11-12,14-15H2,1-3H3,(H,23,28)/t19-/m0/s1. The number of nitrogens with zero attached hydrogens (tertiary/aromatic N) is 3. The van der Waals surface area contributed by atoms with Crippen LogP contribution in [0.25, 0.3) is 0 Å². The van der Waals surface area contributed by atoms with Crippen LogP contribution in [0.1, 0.15) is 35.4 Å². The molecule has 0 bridgehead atoms. The molecule has 160 valence electrons. The second-order valence-electron chi connectivity index (χ2n) is 7.14. The number of methoxy groups -OCH3 is 1. The molecular weight excluding hydrogens is 400 g/mol. The highest BCUT2D eigenvalue weighted by molar-refractivity contribution is 7.12. The molecule has 1 N–H and O–H groups in total. The molecule has 0 fully saturated rings. The van der Waals surface area contributed by atoms with Crippen LogP contribution in [0, 0.1) is 6.92 Å². The summed E-state index contributed by atoms with van der Waals surface area (Å²) in [7, 11) is 1.57. The fourth-order valence-electron chi connectivity index (χ4n) is 3.33. The molecule has 0 saturated heterocycles. The second-order valence-corrected chi connectivity index (χ2v) is 8.09. The van der Waals surface area contributed by atoms with Crippen molar-refractivity contribution in [2.24, 2.45) is 5.10 Å². The van der Waals surface area contributed by atoms with Gasteiger partial charge in [0.25, 0.3) is 5.91 Å². The zero-order valence-corrected chi connectivity index (χ0v) is 18.4. The number of rotatable bonds is 8. The lowest BCUT2D eigenvalue weighted by molar-refractivity contribution is -0.133. The molecule has 1 aromatic heterocycles. The smallest absolute Gasteiger partial charge is 0.317 e. The van der Waals surface area contributed by atoms with Crippen LogP contribution in [0.2, 0.25) is 0 Å². The van der Waals surface area contributed by atoms with E-state index >= 15 is 0 Å². The van der Waals surface area contributed by atoms with Gasteiger partial charge >= 0.3 is 6.03 Å². The highest BCUT2D eigenvalue weighted by Gasteiger charge is 2.34. The normalized spacial score (nSPS) is 15.8. The van der Waals surface area contributed by atoms with Gasteiger partial charge in [-0.1, -0.05) is 35.9 Å². The highest BCUT2D eigenvalue weighted by Crippen LogP contribution is 2.34. The Balaban J connectivity index is 1.84. The van der Waals surface area contributed by atoms with E-state index < -0.39 is 0 Å². The molecule has 2 aromatic rings. The van der Waals surface area contributed by atoms with E-state index in [1.165, 1.54) is 4.90 Å². The average molecular weight is 429 g/mol. The van der Waals surface area contributed by atoms with E-state index in [4.69, 9.17) is 4.74 Å². The topological polar surface area (TPSA) is 74.2 Å². The van der Waals surface area contributed by atoms with Gasteiger partial charge in [-0.25, -0.2) is 9.80 Å². The Bertz CT molecular complexity index is 880. The van der Waals surface area contributed by atoms with Gasteiger partial charge in [0.15, 0.2) is 0 Å². The van der Waals surface area contributed by atoms with E-state index in [1.54, 1.807) is 23.5 Å². The van der Waals surface area contributed by atoms with Gasteiger partial charge in [0, 0.05) is 26.6 Å². The number of benzene rings is 1. The number of hydrogen-bond donors (Lipinski definition) is 1. The van der Waals surface area contributed by atoms with Gasteiger partial charge in [0.05, 0.1) is 23.2 Å². The number of nitrogens with one attached hydrogen (secondary N) is 1. The number of aryl methyl sites for hydroxylation is 1. The molecule has 0 aliphatic carbocycles. The Labute approximate surface area is 181 Å². The molecule has 8 heteroatoms. The zero-order chi connectivity index (χ0) is 21.5. The van der Waals surface area contributed by atoms with Crippen LogP contribution in [-0.4, -0.2) is 60.9 Å². The van der Waals surface area contributed by atoms with Crippen molar-refractivity contribution in [1.82, 2.24) is 15.2 Å². The summed E-state index contributed by atoms with van der Waals surface area (Å²) in [5.74, 6) is -0.213. The summed E-state index contributed by atoms with van der Waals surface area (Å²) in [5, 5.41) is 11.0. The first-order valence-electron chi connectivity index (χ1n) is 10.0. The SMILES string of the molecule is CCNC(=O)N(CCOC)CC(=O)N1N=C(c2cccs2)C[C@H]1c1ccc(C)cc1. The quantitative estimate of drug-likeness (QED) is 0.700. The van der Waals surface area contributed by atoms with Crippen LogP contribution in [0.15, 0.2) is 46.9 Å². The summed E-state index contributed by atoms with van der Waals surface area (Å²) in [6, 6.07) is 11.7. The minimum Gasteiger partial charge on any atom is -0.383 e. The lowest BCUT2D eigenvalue weighted by atomic mass is 10.00. The van der Waals surface area contributed by atoms with Gasteiger partial charge in [-0.2, -0.15) is 5.10 Å². The number of amides is 3. The summed E-state index contributed by atoms with van der Waals surface area (Å²) in [4.78, 5) is 28.2. The number of carbonyl (C=O) groups excluding carboxylic acids is 2. The molecular formula is C22H28N4O3S. The molecule has 2 heterocycles. The molecule has 30 heavy (non-hydrogen) atoms. The molecule has 0 unspecified atom stereocenters. The van der Waals surface area contributed by atoms with Crippen molar-refractivity contribution < 1.29 is 14.3 Å². The molecule has 7 nitrogen and oxygen atoms in total. The van der Waals surface area contributed by atoms with E-state index in [0.29, 0.717) is 26.1 Å². The second kappa shape index (κ2) is 10.4. The molecule has 0 radical (unpaired) electrons. The van der Waals surface area contributed by atoms with Crippen molar-refractivity contribution in [2.45, 2.75) is 26.3 Å². The van der Waals surface area contributed by atoms with Gasteiger partial charge in [0.2, 0.25) is 0 Å². The maximum atomic E-state index is 13.3. The molecule has 3 rings (SSSR count). The Morgan fingerprint density at radius 3 is 2.70 bits per heavy atom. The highest BCUT2D eigenvalue weighted by atomic mass is 32.1. The third-order valence-corrected chi connectivity index (χ3v) is 5.86. The summed E-state index contributed by atoms with van der Waals surface area (Å²) in [6.45, 7) is 5.01. The Morgan fingerprint density at radius 2 is 2.07 bits per heavy atom. The van der Waals surface area contributed by atoms with E-state index in [2.05, 4.69) is 10.4 Å². The minimum atomic E-state index is -0.281. The molecule has 0 spiro atoms. The summed E-state index contributed by atoms with van der Waals surface area (Å²) in [6.07, 6.45) is 0.647. The number of urea groups is 1. The zero-order valence-electron chi connectivity index (χ0n) is 17.6. The Hall–Kier alpha value is -2.71. The Morgan fingerprint density at radius 1 is 1.30 bits per heavy atom. The van der Waals surface area contributed by atoms with Gasteiger partial charge in [-0.3, -0.25) is 4.79 Å². The number of carbonyl (C=O) groups is 2. The first-order valence-corrected chi connectivity index (χ1v) is 10.9. The van der Waals surface area contributed by atoms with Gasteiger partial charge < -0.3 is 15.0 Å². The van der Waals surface area contributed by atoms with Gasteiger partial charge in [-0.05, 0) is 30.9 Å². The van der Waals surface area contributed by atoms with E-state index in [-0.39, 0.29) is 24.5 Å². The molecule has 1 aliphatic rings. The van der Waals surface area contributed by atoms with Crippen molar-refractivity contribution in [3.05, 3.63) is 57.8 Å². The third kappa shape index (κ3) is 5.25. The molecule has 1 aromatic carbocycles. The summed E-state index contributed by atoms with van der Waals surface area (Å²) < 4.78 is 5.10. The predicted octanol–water partition coefficient (Wildman–Crippen LogP) is 3.41. The van der Waals surface area contributed by atoms with Crippen molar-refractivity contribution >= 4 is 29.0 Å². The number of ether oxygens (including phenoxy) is 1. The number of thiophene rings is 1. The lowest BCUT2D eigenvalue weighted by Gasteiger charge is -2.27. The van der Waals surface area contributed by atoms with Gasteiger partial charge in [-0.15, -0.1) is 11.3 Å². The van der Waals surface area contributed by atoms with Crippen molar-refractivity contribution in [1.29, 1.82) is 0 Å². The van der Waals surface area contributed by atoms with E-state index in [1.807, 2.05) is 55.6 Å². The van der Waals surface area contributed by atoms with Crippen LogP contribution < -0.4 is 5.32 Å². The van der Waals surface area contributed by atoms with Crippen LogP contribution in [-0.2, 0) is 9.53 Å². The van der Waals surface area contributed by atoms with Crippen LogP contribution in [0.4, 0.5) is 4.79 Å². The van der Waals surface area contributed by atoms with Crippen molar-refractivity contribution in [3.8, 4) is 0 Å². The fourth-order valence-corrected chi connectivity index (χ4v) is 4.05. The maximum absolute atomic E-state index is 13.3. The average Bonchev–Trinajstić information content (AvgIpc) is 3.41. The third-order valence-electron chi connectivity index (χ3n) is 4.94. The summed E-state index contributed by atoms with van der Waals surface area (Å²) >= 11 is 1.61. The summed E-state index contributed by atoms with van der Waals surface area (Å²) in [5.41, 5.74) is 3.09. The van der Waals surface area contributed by atoms with Crippen molar-refractivity contribution in [3.63, 3.8) is 0 Å². The monoisotopic (exact) mass is 428 g/mol.